The van der Waals surface area contributed by atoms with Crippen LogP contribution in [0.15, 0.2) is 18.2 Å². The van der Waals surface area contributed by atoms with Gasteiger partial charge < -0.3 is 15.8 Å². The second kappa shape index (κ2) is 5.61. The topological polar surface area (TPSA) is 64.3 Å². The van der Waals surface area contributed by atoms with Gasteiger partial charge in [-0.05, 0) is 32.0 Å². The lowest BCUT2D eigenvalue weighted by molar-refractivity contribution is -0.116. The van der Waals surface area contributed by atoms with Gasteiger partial charge in [-0.2, -0.15) is 0 Å². The van der Waals surface area contributed by atoms with Crippen LogP contribution in [0.5, 0.6) is 5.75 Å². The molecule has 4 nitrogen and oxygen atoms in total. The quantitative estimate of drug-likeness (QED) is 0.830. The summed E-state index contributed by atoms with van der Waals surface area (Å²) >= 11 is 6.01. The molecule has 0 bridgehead atoms. The standard InChI is InChI=1S/C11H15ClN2O2/c1-7(2)16-10-4-3-8(5-9(10)12)14-6-11(13)15/h3-5,7,14H,6H2,1-2H3,(H2,13,15). The maximum absolute atomic E-state index is 10.6. The molecule has 0 saturated heterocycles. The minimum atomic E-state index is -0.418. The summed E-state index contributed by atoms with van der Waals surface area (Å²) in [5, 5.41) is 3.35. The predicted octanol–water partition coefficient (Wildman–Crippen LogP) is 2.02. The monoisotopic (exact) mass is 242 g/mol. The van der Waals surface area contributed by atoms with Crippen molar-refractivity contribution in [3.05, 3.63) is 23.2 Å². The van der Waals surface area contributed by atoms with Gasteiger partial charge in [0.25, 0.3) is 0 Å². The van der Waals surface area contributed by atoms with Crippen molar-refractivity contribution in [2.24, 2.45) is 5.73 Å². The number of carbonyl (C=O) groups excluding carboxylic acids is 1. The summed E-state index contributed by atoms with van der Waals surface area (Å²) in [6.07, 6.45) is 0.0712. The fraction of sp³-hybridized carbons (Fsp3) is 0.364. The molecule has 3 N–H and O–H groups in total. The molecule has 1 amide bonds. The number of nitrogens with two attached hydrogens (primary N) is 1. The van der Waals surface area contributed by atoms with E-state index in [9.17, 15) is 4.79 Å². The number of carbonyl (C=O) groups is 1. The van der Waals surface area contributed by atoms with E-state index in [0.717, 1.165) is 5.69 Å². The number of rotatable bonds is 5. The summed E-state index contributed by atoms with van der Waals surface area (Å²) < 4.78 is 5.47. The van der Waals surface area contributed by atoms with Gasteiger partial charge in [0.1, 0.15) is 5.75 Å². The first-order valence-electron chi connectivity index (χ1n) is 4.97. The Morgan fingerprint density at radius 1 is 1.56 bits per heavy atom. The molecule has 0 spiro atoms. The van der Waals surface area contributed by atoms with Crippen molar-refractivity contribution in [2.75, 3.05) is 11.9 Å². The van der Waals surface area contributed by atoms with Gasteiger partial charge in [0.05, 0.1) is 17.7 Å². The number of ether oxygens (including phenoxy) is 1. The predicted molar refractivity (Wildman–Crippen MR) is 64.9 cm³/mol. The van der Waals surface area contributed by atoms with Crippen LogP contribution in [-0.2, 0) is 4.79 Å². The molecule has 1 aromatic carbocycles. The zero-order valence-corrected chi connectivity index (χ0v) is 10.0. The molecule has 5 heteroatoms. The number of halogens is 1. The number of amides is 1. The van der Waals surface area contributed by atoms with Gasteiger partial charge in [-0.25, -0.2) is 0 Å². The number of hydrogen-bond acceptors (Lipinski definition) is 3. The molecule has 0 radical (unpaired) electrons. The van der Waals surface area contributed by atoms with Crippen molar-refractivity contribution in [1.82, 2.24) is 0 Å². The van der Waals surface area contributed by atoms with Crippen molar-refractivity contribution < 1.29 is 9.53 Å². The van der Waals surface area contributed by atoms with Crippen molar-refractivity contribution in [2.45, 2.75) is 20.0 Å². The van der Waals surface area contributed by atoms with E-state index in [2.05, 4.69) is 5.32 Å². The summed E-state index contributed by atoms with van der Waals surface area (Å²) in [6.45, 7) is 3.94. The van der Waals surface area contributed by atoms with E-state index in [1.54, 1.807) is 18.2 Å². The van der Waals surface area contributed by atoms with Crippen LogP contribution in [0, 0.1) is 0 Å². The Morgan fingerprint density at radius 3 is 2.75 bits per heavy atom. The Hall–Kier alpha value is -1.42. The number of nitrogens with one attached hydrogen (secondary N) is 1. The molecular weight excluding hydrogens is 228 g/mol. The largest absolute Gasteiger partial charge is 0.489 e. The van der Waals surface area contributed by atoms with Gasteiger partial charge in [0.15, 0.2) is 0 Å². The minimum Gasteiger partial charge on any atom is -0.489 e. The average molecular weight is 243 g/mol. The third kappa shape index (κ3) is 3.98. The van der Waals surface area contributed by atoms with Crippen LogP contribution < -0.4 is 15.8 Å². The molecule has 16 heavy (non-hydrogen) atoms. The van der Waals surface area contributed by atoms with Crippen LogP contribution in [0.4, 0.5) is 5.69 Å². The molecule has 0 saturated carbocycles. The molecule has 88 valence electrons. The van der Waals surface area contributed by atoms with Crippen LogP contribution in [0.3, 0.4) is 0 Å². The van der Waals surface area contributed by atoms with Gasteiger partial charge in [0, 0.05) is 5.69 Å². The summed E-state index contributed by atoms with van der Waals surface area (Å²) in [6, 6.07) is 5.24. The Balaban J connectivity index is 2.70. The Morgan fingerprint density at radius 2 is 2.25 bits per heavy atom. The molecule has 0 atom stereocenters. The van der Waals surface area contributed by atoms with Gasteiger partial charge in [0.2, 0.25) is 5.91 Å². The van der Waals surface area contributed by atoms with E-state index in [1.807, 2.05) is 13.8 Å². The SMILES string of the molecule is CC(C)Oc1ccc(NCC(N)=O)cc1Cl. The smallest absolute Gasteiger partial charge is 0.236 e. The highest BCUT2D eigenvalue weighted by atomic mass is 35.5. The maximum Gasteiger partial charge on any atom is 0.236 e. The van der Waals surface area contributed by atoms with E-state index in [0.29, 0.717) is 10.8 Å². The number of primary amides is 1. The lowest BCUT2D eigenvalue weighted by atomic mass is 10.3. The highest BCUT2D eigenvalue weighted by molar-refractivity contribution is 6.32. The lowest BCUT2D eigenvalue weighted by Crippen LogP contribution is -2.21. The van der Waals surface area contributed by atoms with E-state index < -0.39 is 5.91 Å². The third-order valence-corrected chi connectivity index (χ3v) is 2.06. The zero-order valence-electron chi connectivity index (χ0n) is 9.29. The first-order chi connectivity index (χ1) is 7.49. The number of benzene rings is 1. The van der Waals surface area contributed by atoms with Crippen LogP contribution in [0.1, 0.15) is 13.8 Å². The van der Waals surface area contributed by atoms with Crippen molar-refractivity contribution in [3.8, 4) is 5.75 Å². The van der Waals surface area contributed by atoms with Gasteiger partial charge in [-0.1, -0.05) is 11.6 Å². The summed E-state index contributed by atoms with van der Waals surface area (Å²) in [7, 11) is 0. The number of anilines is 1. The molecule has 0 aromatic heterocycles. The van der Waals surface area contributed by atoms with Crippen LogP contribution in [-0.4, -0.2) is 18.6 Å². The highest BCUT2D eigenvalue weighted by Crippen LogP contribution is 2.28. The fourth-order valence-electron chi connectivity index (χ4n) is 1.15. The van der Waals surface area contributed by atoms with Crippen LogP contribution in [0.25, 0.3) is 0 Å². The van der Waals surface area contributed by atoms with Gasteiger partial charge >= 0.3 is 0 Å². The zero-order chi connectivity index (χ0) is 12.1. The lowest BCUT2D eigenvalue weighted by Gasteiger charge is -2.12. The molecule has 0 aliphatic heterocycles. The minimum absolute atomic E-state index is 0.0712. The van der Waals surface area contributed by atoms with Crippen molar-refractivity contribution >= 4 is 23.2 Å². The molecule has 0 aliphatic carbocycles. The van der Waals surface area contributed by atoms with E-state index in [-0.39, 0.29) is 12.6 Å². The second-order valence-electron chi connectivity index (χ2n) is 3.63. The summed E-state index contributed by atoms with van der Waals surface area (Å²) in [5.74, 6) is 0.208. The molecule has 0 heterocycles. The Kier molecular flexibility index (Phi) is 4.43. The normalized spacial score (nSPS) is 10.2. The summed E-state index contributed by atoms with van der Waals surface area (Å²) in [4.78, 5) is 10.6. The average Bonchev–Trinajstić information content (AvgIpc) is 2.18. The van der Waals surface area contributed by atoms with Gasteiger partial charge in [-0.3, -0.25) is 4.79 Å². The molecule has 0 fully saturated rings. The highest BCUT2D eigenvalue weighted by Gasteiger charge is 2.05. The second-order valence-corrected chi connectivity index (χ2v) is 4.04. The van der Waals surface area contributed by atoms with Crippen LogP contribution >= 0.6 is 11.6 Å². The van der Waals surface area contributed by atoms with Crippen molar-refractivity contribution in [3.63, 3.8) is 0 Å². The van der Waals surface area contributed by atoms with Crippen molar-refractivity contribution in [1.29, 1.82) is 0 Å². The third-order valence-electron chi connectivity index (χ3n) is 1.76. The van der Waals surface area contributed by atoms with E-state index in [4.69, 9.17) is 22.1 Å². The molecule has 1 rings (SSSR count). The van der Waals surface area contributed by atoms with E-state index in [1.165, 1.54) is 0 Å². The Labute approximate surface area is 99.7 Å². The molecular formula is C11H15ClN2O2. The fourth-order valence-corrected chi connectivity index (χ4v) is 1.37. The molecule has 0 aliphatic rings. The maximum atomic E-state index is 10.6. The molecule has 1 aromatic rings. The van der Waals surface area contributed by atoms with Crippen LogP contribution in [0.2, 0.25) is 5.02 Å². The first-order valence-corrected chi connectivity index (χ1v) is 5.35. The van der Waals surface area contributed by atoms with E-state index >= 15 is 0 Å². The van der Waals surface area contributed by atoms with Gasteiger partial charge in [-0.15, -0.1) is 0 Å². The number of hydrogen-bond donors (Lipinski definition) is 2. The Bertz CT molecular complexity index is 380. The molecule has 0 unspecified atom stereocenters. The first kappa shape index (κ1) is 12.6. The summed E-state index contributed by atoms with van der Waals surface area (Å²) in [5.41, 5.74) is 5.75.